The van der Waals surface area contributed by atoms with Crippen molar-refractivity contribution < 1.29 is 0 Å². The second-order valence-electron chi connectivity index (χ2n) is 5.36. The lowest BCUT2D eigenvalue weighted by Gasteiger charge is -2.07. The Balaban J connectivity index is 1.66. The summed E-state index contributed by atoms with van der Waals surface area (Å²) in [6.45, 7) is 0.618. The predicted molar refractivity (Wildman–Crippen MR) is 102 cm³/mol. The first-order valence-corrected chi connectivity index (χ1v) is 8.84. The molecule has 0 spiro atoms. The number of nitrogens with one attached hydrogen (secondary N) is 1. The molecular formula is C19H14ClN3S. The molecule has 0 saturated heterocycles. The van der Waals surface area contributed by atoms with Gasteiger partial charge < -0.3 is 5.32 Å². The van der Waals surface area contributed by atoms with E-state index in [0.29, 0.717) is 11.6 Å². The average Bonchev–Trinajstić information content (AvgIpc) is 3.06. The first-order chi connectivity index (χ1) is 11.8. The van der Waals surface area contributed by atoms with Crippen molar-refractivity contribution in [2.45, 2.75) is 6.54 Å². The molecule has 5 heteroatoms. The molecule has 0 aliphatic heterocycles. The number of aromatic nitrogens is 2. The van der Waals surface area contributed by atoms with E-state index in [0.717, 1.165) is 32.9 Å². The van der Waals surface area contributed by atoms with Crippen molar-refractivity contribution in [1.29, 1.82) is 0 Å². The monoisotopic (exact) mass is 351 g/mol. The van der Waals surface area contributed by atoms with Crippen LogP contribution in [0.2, 0.25) is 5.02 Å². The maximum Gasteiger partial charge on any atom is 0.129 e. The number of fused-ring (bicyclic) bond motifs is 1. The minimum atomic E-state index is 0.618. The lowest BCUT2D eigenvalue weighted by molar-refractivity contribution is 1.03. The number of benzene rings is 1. The molecular weight excluding hydrogens is 338 g/mol. The number of hydrogen-bond donors (Lipinski definition) is 1. The van der Waals surface area contributed by atoms with Crippen LogP contribution in [0.4, 0.5) is 5.82 Å². The van der Waals surface area contributed by atoms with Crippen LogP contribution in [0.25, 0.3) is 21.3 Å². The highest BCUT2D eigenvalue weighted by molar-refractivity contribution is 7.17. The zero-order chi connectivity index (χ0) is 16.4. The molecule has 0 aliphatic carbocycles. The third kappa shape index (κ3) is 2.98. The molecule has 0 bridgehead atoms. The van der Waals surface area contributed by atoms with E-state index in [2.05, 4.69) is 27.8 Å². The second-order valence-corrected chi connectivity index (χ2v) is 6.62. The highest BCUT2D eigenvalue weighted by Gasteiger charge is 2.12. The molecule has 0 atom stereocenters. The van der Waals surface area contributed by atoms with Crippen molar-refractivity contribution >= 4 is 39.0 Å². The molecule has 0 radical (unpaired) electrons. The van der Waals surface area contributed by atoms with Gasteiger partial charge in [-0.05, 0) is 23.8 Å². The minimum Gasteiger partial charge on any atom is -0.364 e. The van der Waals surface area contributed by atoms with Gasteiger partial charge in [-0.1, -0.05) is 48.0 Å². The van der Waals surface area contributed by atoms with Gasteiger partial charge in [0.15, 0.2) is 0 Å². The van der Waals surface area contributed by atoms with Crippen LogP contribution in [-0.4, -0.2) is 9.97 Å². The maximum absolute atomic E-state index is 6.55. The molecule has 3 nitrogen and oxygen atoms in total. The molecule has 0 unspecified atom stereocenters. The Morgan fingerprint density at radius 1 is 1.04 bits per heavy atom. The minimum absolute atomic E-state index is 0.618. The van der Waals surface area contributed by atoms with Crippen molar-refractivity contribution in [2.75, 3.05) is 5.32 Å². The van der Waals surface area contributed by atoms with Gasteiger partial charge in [-0.15, -0.1) is 11.3 Å². The number of anilines is 1. The summed E-state index contributed by atoms with van der Waals surface area (Å²) in [6, 6.07) is 18.0. The number of halogens is 1. The fourth-order valence-electron chi connectivity index (χ4n) is 2.60. The molecule has 0 aliphatic rings. The Morgan fingerprint density at radius 2 is 1.88 bits per heavy atom. The number of rotatable bonds is 4. The smallest absolute Gasteiger partial charge is 0.129 e. The fraction of sp³-hybridized carbons (Fsp3) is 0.0526. The normalized spacial score (nSPS) is 10.9. The topological polar surface area (TPSA) is 37.8 Å². The first-order valence-electron chi connectivity index (χ1n) is 7.58. The predicted octanol–water partition coefficient (Wildman–Crippen LogP) is 5.62. The summed E-state index contributed by atoms with van der Waals surface area (Å²) in [7, 11) is 0. The Morgan fingerprint density at radius 3 is 2.67 bits per heavy atom. The van der Waals surface area contributed by atoms with E-state index in [9.17, 15) is 0 Å². The third-order valence-corrected chi connectivity index (χ3v) is 4.93. The summed E-state index contributed by atoms with van der Waals surface area (Å²) in [5.74, 6) is 0.764. The van der Waals surface area contributed by atoms with Gasteiger partial charge in [-0.3, -0.25) is 4.98 Å². The van der Waals surface area contributed by atoms with Crippen molar-refractivity contribution in [3.8, 4) is 11.1 Å². The molecule has 0 amide bonds. The molecule has 118 valence electrons. The van der Waals surface area contributed by atoms with Crippen LogP contribution >= 0.6 is 22.9 Å². The quantitative estimate of drug-likeness (QED) is 0.518. The van der Waals surface area contributed by atoms with Crippen molar-refractivity contribution in [2.24, 2.45) is 0 Å². The number of nitrogens with zero attached hydrogens (tertiary/aromatic N) is 2. The van der Waals surface area contributed by atoms with E-state index >= 15 is 0 Å². The molecule has 1 N–H and O–H groups in total. The van der Waals surface area contributed by atoms with Gasteiger partial charge in [0.25, 0.3) is 0 Å². The van der Waals surface area contributed by atoms with Gasteiger partial charge in [0.1, 0.15) is 10.6 Å². The van der Waals surface area contributed by atoms with Gasteiger partial charge in [0.2, 0.25) is 0 Å². The summed E-state index contributed by atoms with van der Waals surface area (Å²) >= 11 is 8.16. The van der Waals surface area contributed by atoms with Gasteiger partial charge >= 0.3 is 0 Å². The molecule has 4 aromatic rings. The molecule has 3 aromatic heterocycles. The molecule has 1 aromatic carbocycles. The third-order valence-electron chi connectivity index (χ3n) is 3.76. The van der Waals surface area contributed by atoms with Gasteiger partial charge in [-0.25, -0.2) is 4.98 Å². The summed E-state index contributed by atoms with van der Waals surface area (Å²) in [6.07, 6.45) is 1.78. The van der Waals surface area contributed by atoms with E-state index in [1.807, 2.05) is 42.5 Å². The lowest BCUT2D eigenvalue weighted by atomic mass is 10.1. The van der Waals surface area contributed by atoms with Crippen LogP contribution in [0.3, 0.4) is 0 Å². The number of thiophene rings is 1. The summed E-state index contributed by atoms with van der Waals surface area (Å²) in [5.41, 5.74) is 3.25. The van der Waals surface area contributed by atoms with Crippen molar-refractivity contribution in [3.63, 3.8) is 0 Å². The van der Waals surface area contributed by atoms with E-state index in [4.69, 9.17) is 16.6 Å². The van der Waals surface area contributed by atoms with Gasteiger partial charge in [0, 0.05) is 22.5 Å². The Bertz CT molecular complexity index is 968. The highest BCUT2D eigenvalue weighted by atomic mass is 35.5. The van der Waals surface area contributed by atoms with E-state index in [1.165, 1.54) is 0 Å². The summed E-state index contributed by atoms with van der Waals surface area (Å²) in [5, 5.41) is 7.13. The van der Waals surface area contributed by atoms with Crippen LogP contribution in [0.5, 0.6) is 0 Å². The number of pyridine rings is 2. The summed E-state index contributed by atoms with van der Waals surface area (Å²) in [4.78, 5) is 9.93. The highest BCUT2D eigenvalue weighted by Crippen LogP contribution is 2.38. The Kier molecular flexibility index (Phi) is 4.15. The standard InChI is InChI=1S/C19H14ClN3S/c20-16-10-17(22-11-14-8-4-5-9-21-14)23-19-18(16)15(12-24-19)13-6-2-1-3-7-13/h1-10,12H,11H2,(H,22,23). The maximum atomic E-state index is 6.55. The van der Waals surface area contributed by atoms with Crippen molar-refractivity contribution in [3.05, 3.63) is 76.9 Å². The zero-order valence-electron chi connectivity index (χ0n) is 12.7. The molecule has 4 rings (SSSR count). The fourth-order valence-corrected chi connectivity index (χ4v) is 3.92. The SMILES string of the molecule is Clc1cc(NCc2ccccn2)nc2scc(-c3ccccc3)c12. The average molecular weight is 352 g/mol. The molecule has 3 heterocycles. The summed E-state index contributed by atoms with van der Waals surface area (Å²) < 4.78 is 0. The van der Waals surface area contributed by atoms with Crippen molar-refractivity contribution in [1.82, 2.24) is 9.97 Å². The molecule has 0 saturated carbocycles. The van der Waals surface area contributed by atoms with Crippen LogP contribution in [0.15, 0.2) is 66.2 Å². The van der Waals surface area contributed by atoms with Crippen LogP contribution in [0.1, 0.15) is 5.69 Å². The second kappa shape index (κ2) is 6.59. The molecule has 24 heavy (non-hydrogen) atoms. The number of hydrogen-bond acceptors (Lipinski definition) is 4. The van der Waals surface area contributed by atoms with E-state index in [-0.39, 0.29) is 0 Å². The largest absolute Gasteiger partial charge is 0.364 e. The first kappa shape index (κ1) is 15.1. The van der Waals surface area contributed by atoms with Crippen LogP contribution in [0, 0.1) is 0 Å². The lowest BCUT2D eigenvalue weighted by Crippen LogP contribution is -2.02. The van der Waals surface area contributed by atoms with Crippen LogP contribution < -0.4 is 5.32 Å². The van der Waals surface area contributed by atoms with Crippen LogP contribution in [-0.2, 0) is 6.54 Å². The molecule has 0 fully saturated rings. The van der Waals surface area contributed by atoms with Gasteiger partial charge in [-0.2, -0.15) is 0 Å². The van der Waals surface area contributed by atoms with E-state index in [1.54, 1.807) is 17.5 Å². The Hall–Kier alpha value is -2.43. The Labute approximate surface area is 149 Å². The van der Waals surface area contributed by atoms with E-state index < -0.39 is 0 Å². The van der Waals surface area contributed by atoms with Gasteiger partial charge in [0.05, 0.1) is 17.3 Å². The zero-order valence-corrected chi connectivity index (χ0v) is 14.3.